The van der Waals surface area contributed by atoms with Gasteiger partial charge in [-0.2, -0.15) is 0 Å². The molecule has 302 valence electrons. The Morgan fingerprint density at radius 3 is 2.39 bits per heavy atom. The molecule has 4 aromatic rings. The van der Waals surface area contributed by atoms with Crippen LogP contribution < -0.4 is 21.1 Å². The third-order valence-electron chi connectivity index (χ3n) is 11.6. The number of pyridine rings is 1. The van der Waals surface area contributed by atoms with Crippen molar-refractivity contribution in [2.75, 3.05) is 44.7 Å². The predicted molar refractivity (Wildman–Crippen MR) is 230 cm³/mol. The summed E-state index contributed by atoms with van der Waals surface area (Å²) in [5.41, 5.74) is 5.21. The van der Waals surface area contributed by atoms with Crippen LogP contribution in [0.2, 0.25) is 18.1 Å². The van der Waals surface area contributed by atoms with E-state index in [1.54, 1.807) is 17.0 Å². The van der Waals surface area contributed by atoms with Crippen LogP contribution in [0.1, 0.15) is 81.7 Å². The smallest absolute Gasteiger partial charge is 0.248 e. The molecule has 0 aliphatic carbocycles. The van der Waals surface area contributed by atoms with Crippen molar-refractivity contribution in [2.45, 2.75) is 103 Å². The van der Waals surface area contributed by atoms with Gasteiger partial charge in [-0.15, -0.1) is 0 Å². The highest BCUT2D eigenvalue weighted by molar-refractivity contribution is 6.74. The summed E-state index contributed by atoms with van der Waals surface area (Å²) in [6.45, 7) is 17.4. The number of anilines is 1. The number of benzene rings is 3. The van der Waals surface area contributed by atoms with Crippen molar-refractivity contribution >= 4 is 36.7 Å². The summed E-state index contributed by atoms with van der Waals surface area (Å²) in [6, 6.07) is 23.1. The lowest BCUT2D eigenvalue weighted by Gasteiger charge is -2.40. The topological polar surface area (TPSA) is 127 Å². The molecule has 0 bridgehead atoms. The van der Waals surface area contributed by atoms with Gasteiger partial charge in [0.15, 0.2) is 8.32 Å². The molecular weight excluding hydrogens is 719 g/mol. The zero-order valence-corrected chi connectivity index (χ0v) is 35.5. The van der Waals surface area contributed by atoms with Crippen molar-refractivity contribution in [3.63, 3.8) is 0 Å². The fourth-order valence-electron chi connectivity index (χ4n) is 7.11. The number of phenolic OH excluding ortho intramolecular Hbond substituents is 1. The molecule has 1 saturated heterocycles. The Morgan fingerprint density at radius 1 is 0.964 bits per heavy atom. The van der Waals surface area contributed by atoms with E-state index in [-0.39, 0.29) is 46.7 Å². The van der Waals surface area contributed by atoms with Crippen LogP contribution in [0.25, 0.3) is 10.9 Å². The highest BCUT2D eigenvalue weighted by atomic mass is 28.4. The van der Waals surface area contributed by atoms with E-state index in [0.29, 0.717) is 25.0 Å². The van der Waals surface area contributed by atoms with Gasteiger partial charge < -0.3 is 34.9 Å². The van der Waals surface area contributed by atoms with Crippen molar-refractivity contribution in [3.05, 3.63) is 105 Å². The van der Waals surface area contributed by atoms with E-state index in [1.807, 2.05) is 37.4 Å². The number of aromatic amines is 1. The molecule has 2 amide bonds. The first-order valence-corrected chi connectivity index (χ1v) is 23.2. The Bertz CT molecular complexity index is 1980. The molecular formula is C45H63N5O5Si. The maximum Gasteiger partial charge on any atom is 0.248 e. The van der Waals surface area contributed by atoms with E-state index in [4.69, 9.17) is 4.43 Å². The number of H-pyrrole nitrogens is 1. The van der Waals surface area contributed by atoms with Crippen LogP contribution in [0.3, 0.4) is 0 Å². The lowest BCUT2D eigenvalue weighted by atomic mass is 10.0. The number of nitrogens with one attached hydrogen (secondary N) is 3. The predicted octanol–water partition coefficient (Wildman–Crippen LogP) is 7.26. The summed E-state index contributed by atoms with van der Waals surface area (Å²) in [5.74, 6) is 0.117. The van der Waals surface area contributed by atoms with Gasteiger partial charge >= 0.3 is 0 Å². The van der Waals surface area contributed by atoms with E-state index in [0.717, 1.165) is 60.2 Å². The molecule has 0 saturated carbocycles. The molecule has 2 atom stereocenters. The van der Waals surface area contributed by atoms with E-state index in [2.05, 4.69) is 85.6 Å². The Hall–Kier alpha value is -4.29. The largest absolute Gasteiger partial charge is 0.506 e. The average Bonchev–Trinajstić information content (AvgIpc) is 3.16. The number of likely N-dealkylation sites (tertiary alicyclic amines) is 1. The number of phenols is 1. The number of hydrogen-bond acceptors (Lipinski definition) is 7. The van der Waals surface area contributed by atoms with Crippen molar-refractivity contribution in [2.24, 2.45) is 0 Å². The lowest BCUT2D eigenvalue weighted by molar-refractivity contribution is -0.120. The number of rotatable bonds is 17. The number of nitrogens with zero attached hydrogens (tertiary/aromatic N) is 2. The number of fused-ring (bicyclic) bond motifs is 1. The van der Waals surface area contributed by atoms with Gasteiger partial charge in [0.05, 0.1) is 18.0 Å². The summed E-state index contributed by atoms with van der Waals surface area (Å²) < 4.78 is 6.99. The Balaban J connectivity index is 1.11. The number of carbonyl (C=O) groups is 2. The quantitative estimate of drug-likeness (QED) is 0.0832. The number of piperidine rings is 1. The molecule has 10 nitrogen and oxygen atoms in total. The van der Waals surface area contributed by atoms with Gasteiger partial charge in [0.1, 0.15) is 5.75 Å². The van der Waals surface area contributed by atoms with Gasteiger partial charge in [0.25, 0.3) is 0 Å². The summed E-state index contributed by atoms with van der Waals surface area (Å²) in [6.07, 6.45) is 5.77. The number of carbonyl (C=O) groups excluding carboxylic acids is 2. The van der Waals surface area contributed by atoms with Gasteiger partial charge in [-0.05, 0) is 110 Å². The average molecular weight is 782 g/mol. The van der Waals surface area contributed by atoms with Crippen LogP contribution in [0, 0.1) is 0 Å². The third kappa shape index (κ3) is 11.9. The first kappa shape index (κ1) is 42.8. The first-order valence-electron chi connectivity index (χ1n) is 20.3. The normalized spacial score (nSPS) is 15.1. The van der Waals surface area contributed by atoms with Crippen molar-refractivity contribution in [3.8, 4) is 5.75 Å². The van der Waals surface area contributed by atoms with Gasteiger partial charge in [0.2, 0.25) is 17.4 Å². The standard InChI is InChI=1S/C45H63N5O5Si/c1-32(47-31-40(55-56(6,7)45(2,3)4)37-18-20-39(51)44-38(37)19-21-41(52)48-44)28-35-13-11-12-33(29-35)22-24-46-42(53)30-34-14-16-36(17-15-34)49(5)43(54)23-27-50-25-9-8-10-26-50/h11-21,29,32,40,47,51H,8-10,22-28,30-31H2,1-7H3,(H,46,53)(H,48,52)/t32-,40+/m1/s1. The monoisotopic (exact) mass is 781 g/mol. The number of amides is 2. The fourth-order valence-corrected chi connectivity index (χ4v) is 8.39. The summed E-state index contributed by atoms with van der Waals surface area (Å²) >= 11 is 0. The fraction of sp³-hybridized carbons (Fsp3) is 0.489. The molecule has 0 radical (unpaired) electrons. The highest BCUT2D eigenvalue weighted by Crippen LogP contribution is 2.41. The van der Waals surface area contributed by atoms with Crippen LogP contribution in [-0.2, 0) is 33.3 Å². The Kier molecular flexibility index (Phi) is 14.7. The minimum atomic E-state index is -2.20. The molecule has 0 spiro atoms. The third-order valence-corrected chi connectivity index (χ3v) is 16.1. The van der Waals surface area contributed by atoms with Crippen LogP contribution in [0.4, 0.5) is 5.69 Å². The SMILES string of the molecule is C[C@H](Cc1cccc(CCNC(=O)Cc2ccc(N(C)C(=O)CCN3CCCCC3)cc2)c1)NC[C@H](O[Si](C)(C)C(C)(C)C)c1ccc(O)c2[nH]c(=O)ccc12. The minimum absolute atomic E-state index is 0.00475. The molecule has 4 N–H and O–H groups in total. The van der Waals surface area contributed by atoms with Crippen molar-refractivity contribution in [1.82, 2.24) is 20.5 Å². The van der Waals surface area contributed by atoms with Crippen LogP contribution in [-0.4, -0.2) is 80.9 Å². The van der Waals surface area contributed by atoms with Crippen LogP contribution in [0.15, 0.2) is 77.6 Å². The molecule has 11 heteroatoms. The van der Waals surface area contributed by atoms with E-state index >= 15 is 0 Å². The second-order valence-electron chi connectivity index (χ2n) is 17.0. The van der Waals surface area contributed by atoms with Gasteiger partial charge in [-0.3, -0.25) is 14.4 Å². The molecule has 5 rings (SSSR count). The zero-order chi connectivity index (χ0) is 40.5. The number of aromatic hydroxyl groups is 1. The molecule has 2 heterocycles. The number of aromatic nitrogens is 1. The molecule has 1 fully saturated rings. The summed E-state index contributed by atoms with van der Waals surface area (Å²) in [4.78, 5) is 44.6. The first-order chi connectivity index (χ1) is 26.6. The van der Waals surface area contributed by atoms with Crippen LogP contribution in [0.5, 0.6) is 5.75 Å². The molecule has 1 aliphatic heterocycles. The maximum atomic E-state index is 12.8. The summed E-state index contributed by atoms with van der Waals surface area (Å²) in [5, 5.41) is 18.1. The van der Waals surface area contributed by atoms with Crippen molar-refractivity contribution < 1.29 is 19.1 Å². The molecule has 0 unspecified atom stereocenters. The van der Waals surface area contributed by atoms with Gasteiger partial charge in [-0.25, -0.2) is 0 Å². The van der Waals surface area contributed by atoms with Crippen LogP contribution >= 0.6 is 0 Å². The zero-order valence-electron chi connectivity index (χ0n) is 34.5. The van der Waals surface area contributed by atoms with Crippen molar-refractivity contribution in [1.29, 1.82) is 0 Å². The lowest BCUT2D eigenvalue weighted by Crippen LogP contribution is -2.44. The Morgan fingerprint density at radius 2 is 1.68 bits per heavy atom. The minimum Gasteiger partial charge on any atom is -0.506 e. The molecule has 56 heavy (non-hydrogen) atoms. The van der Waals surface area contributed by atoms with E-state index in [9.17, 15) is 19.5 Å². The van der Waals surface area contributed by atoms with E-state index in [1.165, 1.54) is 30.9 Å². The number of hydrogen-bond donors (Lipinski definition) is 4. The molecule has 1 aliphatic rings. The Labute approximate surface area is 334 Å². The van der Waals surface area contributed by atoms with Gasteiger partial charge in [-0.1, -0.05) is 69.7 Å². The van der Waals surface area contributed by atoms with Gasteiger partial charge in [0, 0.05) is 56.3 Å². The summed E-state index contributed by atoms with van der Waals surface area (Å²) in [7, 11) is -0.376. The maximum absolute atomic E-state index is 12.8. The highest BCUT2D eigenvalue weighted by Gasteiger charge is 2.40. The molecule has 1 aromatic heterocycles. The van der Waals surface area contributed by atoms with E-state index < -0.39 is 8.32 Å². The second kappa shape index (κ2) is 19.2. The second-order valence-corrected chi connectivity index (χ2v) is 21.8. The molecule has 3 aromatic carbocycles.